The molecule has 0 aromatic heterocycles. The van der Waals surface area contributed by atoms with Crippen molar-refractivity contribution in [3.8, 4) is 0 Å². The molecule has 0 aliphatic rings. The fourth-order valence-corrected chi connectivity index (χ4v) is 1.59. The van der Waals surface area contributed by atoms with Gasteiger partial charge in [-0.3, -0.25) is 9.11 Å². The van der Waals surface area contributed by atoms with E-state index in [1.54, 1.807) is 0 Å². The van der Waals surface area contributed by atoms with Gasteiger partial charge < -0.3 is 0 Å². The Balaban J connectivity index is 5.46. The molecular formula is H2N2O7S2. The molecule has 0 atom stereocenters. The molecule has 9 nitrogen and oxygen atoms in total. The van der Waals surface area contributed by atoms with Crippen LogP contribution in [0.4, 0.5) is 0 Å². The van der Waals surface area contributed by atoms with Gasteiger partial charge in [-0.05, 0) is 0 Å². The van der Waals surface area contributed by atoms with Gasteiger partial charge in [0.25, 0.3) is 0 Å². The number of hydrogen-bond acceptors (Lipinski definition) is 5. The summed E-state index contributed by atoms with van der Waals surface area (Å²) in [5.41, 5.74) is 0. The molecule has 66 valence electrons. The maximum Gasteiger partial charge on any atom is 0.564 e. The maximum atomic E-state index is 10.0. The molecule has 0 fully saturated rings. The average Bonchev–Trinajstić information content (AvgIpc) is 1.54. The molecule has 0 radical (unpaired) electrons. The second-order valence-electron chi connectivity index (χ2n) is 1.13. The van der Waals surface area contributed by atoms with E-state index in [9.17, 15) is 24.4 Å². The molecule has 0 aliphatic carbocycles. The van der Waals surface area contributed by atoms with Crippen LogP contribution in [-0.4, -0.2) is 22.0 Å². The molecule has 0 aliphatic heterocycles. The first-order valence-electron chi connectivity index (χ1n) is 1.79. The van der Waals surface area contributed by atoms with Gasteiger partial charge in [0.1, 0.15) is 0 Å². The van der Waals surface area contributed by atoms with Crippen LogP contribution >= 0.6 is 0 Å². The normalized spacial score (nSPS) is 11.5. The molecule has 11 heavy (non-hydrogen) atoms. The van der Waals surface area contributed by atoms with Gasteiger partial charge in [0.2, 0.25) is 0 Å². The van der Waals surface area contributed by atoms with Gasteiger partial charge in [-0.15, -0.1) is 0 Å². The molecule has 0 aromatic carbocycles. The van der Waals surface area contributed by atoms with Crippen molar-refractivity contribution in [2.45, 2.75) is 0 Å². The maximum absolute atomic E-state index is 10.0. The van der Waals surface area contributed by atoms with Gasteiger partial charge in [-0.2, -0.15) is 4.21 Å². The summed E-state index contributed by atoms with van der Waals surface area (Å²) in [5, 5.41) is 19.3. The van der Waals surface area contributed by atoms with Crippen LogP contribution in [-0.2, 0) is 18.9 Å². The van der Waals surface area contributed by atoms with Crippen LogP contribution in [0.25, 0.3) is 0 Å². The van der Waals surface area contributed by atoms with Gasteiger partial charge in [-0.25, -0.2) is 20.2 Å². The van der Waals surface area contributed by atoms with Crippen molar-refractivity contribution in [2.75, 3.05) is 0 Å². The summed E-state index contributed by atoms with van der Waals surface area (Å²) < 4.78 is 22.8. The van der Waals surface area contributed by atoms with E-state index in [2.05, 4.69) is 0 Å². The topological polar surface area (TPSA) is 144 Å². The summed E-state index contributed by atoms with van der Waals surface area (Å²) >= 11 is 0. The van der Waals surface area contributed by atoms with Crippen molar-refractivity contribution in [1.29, 1.82) is 0 Å². The van der Waals surface area contributed by atoms with Crippen molar-refractivity contribution in [2.24, 2.45) is 0 Å². The average molecular weight is 206 g/mol. The largest absolute Gasteiger partial charge is 0.564 e. The molecule has 0 unspecified atom stereocenters. The van der Waals surface area contributed by atoms with Gasteiger partial charge in [-0.1, -0.05) is 0 Å². The Kier molecular flexibility index (Phi) is 2.86. The zero-order valence-corrected chi connectivity index (χ0v) is 6.28. The molecule has 0 saturated carbocycles. The van der Waals surface area contributed by atoms with Gasteiger partial charge in [0.05, 0.1) is 0 Å². The van der Waals surface area contributed by atoms with E-state index in [0.29, 0.717) is 0 Å². The second kappa shape index (κ2) is 3.08. The Hall–Kier alpha value is -0.780. The number of nitrogens with zero attached hydrogens (tertiary/aromatic N) is 2. The quantitative estimate of drug-likeness (QED) is 0.441. The minimum absolute atomic E-state index is 1.62. The summed E-state index contributed by atoms with van der Waals surface area (Å²) in [6.07, 6.45) is 0. The second-order valence-corrected chi connectivity index (χ2v) is 5.28. The molecule has 11 heteroatoms. The molecule has 0 saturated heterocycles. The van der Waals surface area contributed by atoms with Crippen molar-refractivity contribution in [1.82, 2.24) is 0 Å². The van der Waals surface area contributed by atoms with Crippen molar-refractivity contribution in [3.63, 3.8) is 0 Å². The molecule has 0 heterocycles. The highest BCUT2D eigenvalue weighted by Crippen LogP contribution is 1.95. The van der Waals surface area contributed by atoms with Crippen LogP contribution in [0.3, 0.4) is 0 Å². The predicted octanol–water partition coefficient (Wildman–Crippen LogP) is -0.866. The van der Waals surface area contributed by atoms with Crippen LogP contribution in [0.1, 0.15) is 0 Å². The van der Waals surface area contributed by atoms with Gasteiger partial charge in [0.15, 0.2) is 8.66 Å². The van der Waals surface area contributed by atoms with Gasteiger partial charge in [0, 0.05) is 0 Å². The molecule has 0 aromatic rings. The van der Waals surface area contributed by atoms with E-state index in [1.165, 1.54) is 0 Å². The van der Waals surface area contributed by atoms with Crippen molar-refractivity contribution >= 4 is 18.9 Å². The SMILES string of the molecule is O=[N+]([O-])S([N+](=O)[O-])=S(=O)(O)O. The van der Waals surface area contributed by atoms with Crippen LogP contribution in [0.2, 0.25) is 0 Å². The van der Waals surface area contributed by atoms with E-state index < -0.39 is 27.5 Å². The van der Waals surface area contributed by atoms with Crippen LogP contribution in [0, 0.1) is 20.2 Å². The first-order chi connectivity index (χ1) is 4.76. The van der Waals surface area contributed by atoms with Crippen LogP contribution in [0.15, 0.2) is 0 Å². The smallest absolute Gasteiger partial charge is 0.280 e. The first-order valence-corrected chi connectivity index (χ1v) is 4.92. The highest BCUT2D eigenvalue weighted by molar-refractivity contribution is 8.37. The summed E-state index contributed by atoms with van der Waals surface area (Å²) in [7, 11) is -8.35. The van der Waals surface area contributed by atoms with Crippen LogP contribution in [0.5, 0.6) is 0 Å². The molecule has 2 N–H and O–H groups in total. The number of nitro groups is 2. The Morgan fingerprint density at radius 2 is 1.45 bits per heavy atom. The standard InChI is InChI=1S/H2N2O7S2/c3-1(4)10(2(5)6)11(7,8)9/h(H2,7,8,9). The van der Waals surface area contributed by atoms with E-state index >= 15 is 0 Å². The van der Waals surface area contributed by atoms with E-state index in [-0.39, 0.29) is 0 Å². The monoisotopic (exact) mass is 206 g/mol. The third-order valence-corrected chi connectivity index (χ3v) is 3.24. The number of rotatable bonds is 2. The summed E-state index contributed by atoms with van der Waals surface area (Å²) in [6.45, 7) is 0. The molecule has 0 amide bonds. The minimum Gasteiger partial charge on any atom is -0.280 e. The molecule has 0 bridgehead atoms. The Morgan fingerprint density at radius 3 is 1.45 bits per heavy atom. The Morgan fingerprint density at radius 1 is 1.18 bits per heavy atom. The fraction of sp³-hybridized carbons (Fsp3) is 0. The van der Waals surface area contributed by atoms with Gasteiger partial charge >= 0.3 is 18.9 Å². The highest BCUT2D eigenvalue weighted by Gasteiger charge is 2.33. The molecule has 0 spiro atoms. The van der Waals surface area contributed by atoms with Crippen molar-refractivity contribution in [3.05, 3.63) is 20.2 Å². The summed E-state index contributed by atoms with van der Waals surface area (Å²) in [4.78, 5) is 19.3. The van der Waals surface area contributed by atoms with E-state index in [4.69, 9.17) is 9.11 Å². The molecule has 0 rings (SSSR count). The van der Waals surface area contributed by atoms with Crippen molar-refractivity contribution < 1.29 is 22.0 Å². The lowest BCUT2D eigenvalue weighted by Crippen LogP contribution is -2.21. The predicted molar refractivity (Wildman–Crippen MR) is 34.8 cm³/mol. The van der Waals surface area contributed by atoms with E-state index in [1.807, 2.05) is 0 Å². The zero-order valence-electron chi connectivity index (χ0n) is 4.65. The number of hydrogen-bond donors (Lipinski definition) is 2. The van der Waals surface area contributed by atoms with E-state index in [0.717, 1.165) is 0 Å². The highest BCUT2D eigenvalue weighted by atomic mass is 32.9. The summed E-state index contributed by atoms with van der Waals surface area (Å²) in [6, 6.07) is 0. The minimum atomic E-state index is -4.98. The zero-order chi connectivity index (χ0) is 9.23. The lowest BCUT2D eigenvalue weighted by atomic mass is 13.3. The Labute approximate surface area is 61.8 Å². The first kappa shape index (κ1) is 10.2. The van der Waals surface area contributed by atoms with Crippen LogP contribution < -0.4 is 0 Å². The summed E-state index contributed by atoms with van der Waals surface area (Å²) in [5.74, 6) is 0. The molecular weight excluding hydrogens is 204 g/mol. The lowest BCUT2D eigenvalue weighted by molar-refractivity contribution is -0.398. The third-order valence-electron chi connectivity index (χ3n) is 0.449. The fourth-order valence-electron chi connectivity index (χ4n) is 0.213. The lowest BCUT2D eigenvalue weighted by Gasteiger charge is -1.89. The Bertz CT molecular complexity index is 282. The third kappa shape index (κ3) is 2.75.